The number of ketones is 1. The Kier molecular flexibility index (Phi) is 6.47. The molecule has 1 atom stereocenters. The van der Waals surface area contributed by atoms with E-state index in [1.165, 1.54) is 24.1 Å². The first-order valence-corrected chi connectivity index (χ1v) is 10.9. The van der Waals surface area contributed by atoms with Gasteiger partial charge < -0.3 is 19.7 Å². The van der Waals surface area contributed by atoms with Crippen molar-refractivity contribution in [1.29, 1.82) is 0 Å². The minimum absolute atomic E-state index is 0.0194. The number of aliphatic hydroxyl groups excluding tert-OH is 1. The third kappa shape index (κ3) is 4.06. The topological polar surface area (TPSA) is 96.3 Å². The van der Waals surface area contributed by atoms with Gasteiger partial charge in [0, 0.05) is 11.3 Å². The summed E-state index contributed by atoms with van der Waals surface area (Å²) in [5.41, 5.74) is 1.08. The Morgan fingerprint density at radius 1 is 1.06 bits per heavy atom. The maximum absolute atomic E-state index is 13.2. The Labute approximate surface area is 201 Å². The van der Waals surface area contributed by atoms with Crippen molar-refractivity contribution in [2.45, 2.75) is 13.0 Å². The van der Waals surface area contributed by atoms with Crippen LogP contribution < -0.4 is 14.4 Å². The quantitative estimate of drug-likeness (QED) is 0.291. The van der Waals surface area contributed by atoms with Gasteiger partial charge in [0.15, 0.2) is 11.5 Å². The molecule has 34 heavy (non-hydrogen) atoms. The van der Waals surface area contributed by atoms with Crippen molar-refractivity contribution in [2.24, 2.45) is 0 Å². The van der Waals surface area contributed by atoms with Crippen molar-refractivity contribution in [3.63, 3.8) is 0 Å². The summed E-state index contributed by atoms with van der Waals surface area (Å²) in [5.74, 6) is -1.57. The SMILES string of the molecule is CCOc1ccc(/C(O)=C2\C(=O)C(=O)N(c3ccccc3)C2c2cc(Cl)c(O)c(OC)c2)cc1. The van der Waals surface area contributed by atoms with Gasteiger partial charge in [0.2, 0.25) is 0 Å². The highest BCUT2D eigenvalue weighted by Gasteiger charge is 2.47. The van der Waals surface area contributed by atoms with Gasteiger partial charge in [-0.15, -0.1) is 0 Å². The minimum Gasteiger partial charge on any atom is -0.507 e. The summed E-state index contributed by atoms with van der Waals surface area (Å²) in [6, 6.07) is 17.1. The Bertz CT molecular complexity index is 1270. The average molecular weight is 480 g/mol. The summed E-state index contributed by atoms with van der Waals surface area (Å²) in [6.07, 6.45) is 0. The molecule has 0 radical (unpaired) electrons. The highest BCUT2D eigenvalue weighted by molar-refractivity contribution is 6.51. The van der Waals surface area contributed by atoms with E-state index in [1.54, 1.807) is 54.6 Å². The number of hydrogen-bond donors (Lipinski definition) is 2. The van der Waals surface area contributed by atoms with E-state index in [2.05, 4.69) is 0 Å². The number of anilines is 1. The van der Waals surface area contributed by atoms with Crippen LogP contribution >= 0.6 is 11.6 Å². The van der Waals surface area contributed by atoms with E-state index in [-0.39, 0.29) is 27.9 Å². The van der Waals surface area contributed by atoms with Gasteiger partial charge >= 0.3 is 0 Å². The van der Waals surface area contributed by atoms with Crippen molar-refractivity contribution < 1.29 is 29.3 Å². The number of carbonyl (C=O) groups is 2. The fraction of sp³-hybridized carbons (Fsp3) is 0.154. The summed E-state index contributed by atoms with van der Waals surface area (Å²) in [6.45, 7) is 2.34. The summed E-state index contributed by atoms with van der Waals surface area (Å²) < 4.78 is 10.7. The summed E-state index contributed by atoms with van der Waals surface area (Å²) >= 11 is 6.22. The van der Waals surface area contributed by atoms with Crippen LogP contribution in [0.4, 0.5) is 5.69 Å². The zero-order chi connectivity index (χ0) is 24.4. The molecule has 0 aliphatic carbocycles. The van der Waals surface area contributed by atoms with Crippen molar-refractivity contribution in [2.75, 3.05) is 18.6 Å². The van der Waals surface area contributed by atoms with Crippen LogP contribution in [0.1, 0.15) is 24.1 Å². The molecule has 2 N–H and O–H groups in total. The number of nitrogens with zero attached hydrogens (tertiary/aromatic N) is 1. The van der Waals surface area contributed by atoms with E-state index in [1.807, 2.05) is 6.92 Å². The Hall–Kier alpha value is -3.97. The first kappa shape index (κ1) is 23.2. The molecule has 4 rings (SSSR count). The maximum atomic E-state index is 13.2. The number of methoxy groups -OCH3 is 1. The first-order chi connectivity index (χ1) is 16.4. The van der Waals surface area contributed by atoms with Crippen LogP contribution in [0.25, 0.3) is 5.76 Å². The fourth-order valence-corrected chi connectivity index (χ4v) is 4.16. The lowest BCUT2D eigenvalue weighted by Crippen LogP contribution is -2.29. The Morgan fingerprint density at radius 2 is 1.74 bits per heavy atom. The third-order valence-corrected chi connectivity index (χ3v) is 5.79. The number of para-hydroxylation sites is 1. The number of aromatic hydroxyl groups is 1. The Balaban J connectivity index is 1.94. The number of phenols is 1. The normalized spacial score (nSPS) is 17.1. The van der Waals surface area contributed by atoms with Crippen LogP contribution in [-0.4, -0.2) is 35.6 Å². The summed E-state index contributed by atoms with van der Waals surface area (Å²) in [7, 11) is 1.36. The number of aliphatic hydroxyl groups is 1. The molecule has 1 aliphatic heterocycles. The van der Waals surface area contributed by atoms with Gasteiger partial charge in [-0.25, -0.2) is 0 Å². The monoisotopic (exact) mass is 479 g/mol. The molecule has 0 bridgehead atoms. The molecular formula is C26H22ClNO6. The van der Waals surface area contributed by atoms with E-state index in [0.29, 0.717) is 29.2 Å². The highest BCUT2D eigenvalue weighted by atomic mass is 35.5. The number of ether oxygens (including phenoxy) is 2. The first-order valence-electron chi connectivity index (χ1n) is 10.5. The third-order valence-electron chi connectivity index (χ3n) is 5.50. The van der Waals surface area contributed by atoms with Crippen molar-refractivity contribution in [3.05, 3.63) is 88.5 Å². The molecule has 3 aromatic rings. The van der Waals surface area contributed by atoms with Crippen LogP contribution in [-0.2, 0) is 9.59 Å². The second-order valence-corrected chi connectivity index (χ2v) is 7.92. The number of benzene rings is 3. The lowest BCUT2D eigenvalue weighted by molar-refractivity contribution is -0.132. The predicted molar refractivity (Wildman–Crippen MR) is 129 cm³/mol. The van der Waals surface area contributed by atoms with Gasteiger partial charge in [-0.1, -0.05) is 29.8 Å². The molecule has 1 amide bonds. The molecule has 3 aromatic carbocycles. The number of rotatable bonds is 6. The van der Waals surface area contributed by atoms with Crippen LogP contribution in [0.2, 0.25) is 5.02 Å². The second kappa shape index (κ2) is 9.49. The molecule has 174 valence electrons. The zero-order valence-corrected chi connectivity index (χ0v) is 19.2. The molecule has 7 nitrogen and oxygen atoms in total. The molecule has 0 spiro atoms. The predicted octanol–water partition coefficient (Wildman–Crippen LogP) is 5.08. The summed E-state index contributed by atoms with van der Waals surface area (Å²) in [5, 5.41) is 21.4. The molecule has 0 aromatic heterocycles. The minimum atomic E-state index is -1.01. The number of amides is 1. The lowest BCUT2D eigenvalue weighted by atomic mass is 9.94. The van der Waals surface area contributed by atoms with Gasteiger partial charge in [-0.05, 0) is 61.0 Å². The fourth-order valence-electron chi connectivity index (χ4n) is 3.94. The van der Waals surface area contributed by atoms with E-state index in [4.69, 9.17) is 21.1 Å². The molecule has 1 fully saturated rings. The summed E-state index contributed by atoms with van der Waals surface area (Å²) in [4.78, 5) is 27.7. The number of hydrogen-bond acceptors (Lipinski definition) is 6. The maximum Gasteiger partial charge on any atom is 0.300 e. The highest BCUT2D eigenvalue weighted by Crippen LogP contribution is 2.45. The number of carbonyl (C=O) groups excluding carboxylic acids is 2. The van der Waals surface area contributed by atoms with E-state index < -0.39 is 17.7 Å². The van der Waals surface area contributed by atoms with Gasteiger partial charge in [0.1, 0.15) is 11.5 Å². The molecule has 1 unspecified atom stereocenters. The molecular weight excluding hydrogens is 458 g/mol. The van der Waals surface area contributed by atoms with Crippen LogP contribution in [0.5, 0.6) is 17.2 Å². The lowest BCUT2D eigenvalue weighted by Gasteiger charge is -2.26. The number of phenolic OH excluding ortho intramolecular Hbond substituents is 1. The Morgan fingerprint density at radius 3 is 2.35 bits per heavy atom. The van der Waals surface area contributed by atoms with Crippen molar-refractivity contribution >= 4 is 34.7 Å². The van der Waals surface area contributed by atoms with E-state index in [0.717, 1.165) is 0 Å². The van der Waals surface area contributed by atoms with Crippen LogP contribution in [0.3, 0.4) is 0 Å². The molecule has 1 heterocycles. The van der Waals surface area contributed by atoms with Crippen molar-refractivity contribution in [1.82, 2.24) is 0 Å². The van der Waals surface area contributed by atoms with Crippen LogP contribution in [0, 0.1) is 0 Å². The van der Waals surface area contributed by atoms with E-state index in [9.17, 15) is 19.8 Å². The number of halogens is 1. The molecule has 8 heteroatoms. The van der Waals surface area contributed by atoms with Gasteiger partial charge in [-0.3, -0.25) is 14.5 Å². The average Bonchev–Trinajstić information content (AvgIpc) is 3.12. The second-order valence-electron chi connectivity index (χ2n) is 7.52. The van der Waals surface area contributed by atoms with Crippen LogP contribution in [0.15, 0.2) is 72.3 Å². The number of Topliss-reactive ketones (excluding diaryl/α,β-unsaturated/α-hetero) is 1. The van der Waals surface area contributed by atoms with Gasteiger partial charge in [0.25, 0.3) is 11.7 Å². The molecule has 1 saturated heterocycles. The van der Waals surface area contributed by atoms with Crippen molar-refractivity contribution in [3.8, 4) is 17.2 Å². The smallest absolute Gasteiger partial charge is 0.300 e. The largest absolute Gasteiger partial charge is 0.507 e. The zero-order valence-electron chi connectivity index (χ0n) is 18.5. The molecule has 0 saturated carbocycles. The van der Waals surface area contributed by atoms with Gasteiger partial charge in [-0.2, -0.15) is 0 Å². The molecule has 1 aliphatic rings. The van der Waals surface area contributed by atoms with Gasteiger partial charge in [0.05, 0.1) is 30.4 Å². The van der Waals surface area contributed by atoms with E-state index >= 15 is 0 Å². The standard InChI is InChI=1S/C26H22ClNO6/c1-3-34-18-11-9-15(10-12-18)23(29)21-22(16-13-19(27)24(30)20(14-16)33-2)28(26(32)25(21)31)17-7-5-4-6-8-17/h4-14,22,29-30H,3H2,1-2H3/b23-21+.